The lowest BCUT2D eigenvalue weighted by Crippen LogP contribution is -2.21. The molecule has 0 aliphatic heterocycles. The smallest absolute Gasteiger partial charge is 0.441 e. The number of hydrogen-bond acceptors (Lipinski definition) is 4. The van der Waals surface area contributed by atoms with Crippen LogP contribution in [0.25, 0.3) is 0 Å². The van der Waals surface area contributed by atoms with E-state index in [1.807, 2.05) is 0 Å². The third kappa shape index (κ3) is 3.89. The van der Waals surface area contributed by atoms with E-state index in [-0.39, 0.29) is 6.61 Å². The van der Waals surface area contributed by atoms with Gasteiger partial charge in [0.05, 0.1) is 6.61 Å². The van der Waals surface area contributed by atoms with Crippen LogP contribution in [-0.4, -0.2) is 13.9 Å². The number of hydrogen-bond donors (Lipinski definition) is 0. The molecule has 0 aromatic carbocycles. The van der Waals surface area contributed by atoms with Crippen LogP contribution < -0.4 is 0 Å². The van der Waals surface area contributed by atoms with E-state index in [0.717, 1.165) is 0 Å². The second kappa shape index (κ2) is 6.07. The Hall–Kier alpha value is -1.06. The molecule has 0 rings (SSSR count). The number of halogens is 1. The monoisotopic (exact) mass is 145 g/mol. The Labute approximate surface area is 57.9 Å². The summed E-state index contributed by atoms with van der Waals surface area (Å²) in [6.07, 6.45) is 2.57. The average molecular weight is 145 g/mol. The number of nitriles is 1. The van der Waals surface area contributed by atoms with Gasteiger partial charge in [0.15, 0.2) is 0 Å². The first-order valence-corrected chi connectivity index (χ1v) is 2.39. The topological polar surface area (TPSA) is 51.5 Å². The molecule has 0 unspecified atom stereocenters. The van der Waals surface area contributed by atoms with Gasteiger partial charge >= 0.3 is 7.32 Å². The average Bonchev–Trinajstić information content (AvgIpc) is 1.98. The van der Waals surface area contributed by atoms with E-state index in [0.29, 0.717) is 0 Å². The molecule has 0 saturated heterocycles. The molecule has 0 saturated carbocycles. The summed E-state index contributed by atoms with van der Waals surface area (Å²) in [7, 11) is -1.58. The number of nitrogens with zero attached hydrogens (tertiary/aromatic N) is 1. The van der Waals surface area contributed by atoms with E-state index >= 15 is 0 Å². The van der Waals surface area contributed by atoms with Gasteiger partial charge < -0.3 is 9.31 Å². The molecule has 0 bridgehead atoms. The highest BCUT2D eigenvalue weighted by molar-refractivity contribution is 6.36. The van der Waals surface area contributed by atoms with Gasteiger partial charge in [-0.15, -0.1) is 6.58 Å². The largest absolute Gasteiger partial charge is 0.756 e. The van der Waals surface area contributed by atoms with Crippen molar-refractivity contribution < 1.29 is 18.7 Å². The molecule has 0 fully saturated rings. The van der Waals surface area contributed by atoms with E-state index in [2.05, 4.69) is 20.7 Å². The Morgan fingerprint density at radius 2 is 2.50 bits per heavy atom. The molecule has 54 valence electrons. The fourth-order valence-corrected chi connectivity index (χ4v) is 0.268. The summed E-state index contributed by atoms with van der Waals surface area (Å²) in [4.78, 5) is 3.08. The zero-order valence-electron chi connectivity index (χ0n) is 5.12. The molecule has 6 heteroatoms. The highest BCUT2D eigenvalue weighted by Gasteiger charge is 2.23. The zero-order chi connectivity index (χ0) is 7.82. The minimum absolute atomic E-state index is 0.0519. The fraction of sp³-hybridized carbons (Fsp3) is 0.250. The van der Waals surface area contributed by atoms with Crippen molar-refractivity contribution in [2.45, 2.75) is 0 Å². The molecule has 0 aliphatic rings. The van der Waals surface area contributed by atoms with Crippen LogP contribution in [0.4, 0.5) is 4.53 Å². The van der Waals surface area contributed by atoms with Crippen molar-refractivity contribution in [1.29, 1.82) is 5.26 Å². The van der Waals surface area contributed by atoms with Gasteiger partial charge in [-0.2, -0.15) is 10.1 Å². The van der Waals surface area contributed by atoms with Gasteiger partial charge in [-0.3, -0.25) is 0 Å². The van der Waals surface area contributed by atoms with Gasteiger partial charge in [0.1, 0.15) is 0 Å². The van der Waals surface area contributed by atoms with Crippen LogP contribution in [0.2, 0.25) is 0 Å². The molecule has 0 radical (unpaired) electrons. The summed E-state index contributed by atoms with van der Waals surface area (Å²) in [5, 5.41) is 7.84. The van der Waals surface area contributed by atoms with Gasteiger partial charge in [0, 0.05) is 0 Å². The highest BCUT2D eigenvalue weighted by atomic mass is 19.3. The lowest BCUT2D eigenvalue weighted by Gasteiger charge is -2.00. The maximum atomic E-state index is 11.2. The lowest BCUT2D eigenvalue weighted by molar-refractivity contribution is -0.0645. The van der Waals surface area contributed by atoms with Crippen LogP contribution in [0.1, 0.15) is 0 Å². The molecule has 0 aliphatic carbocycles. The SMILES string of the molecule is C=CCOB(OF)OC#N. The van der Waals surface area contributed by atoms with E-state index in [1.165, 1.54) is 12.3 Å². The van der Waals surface area contributed by atoms with Crippen molar-refractivity contribution >= 4 is 7.32 Å². The molecule has 0 N–H and O–H groups in total. The molecule has 0 heterocycles. The molecule has 0 spiro atoms. The Morgan fingerprint density at radius 3 is 2.90 bits per heavy atom. The van der Waals surface area contributed by atoms with E-state index in [9.17, 15) is 4.53 Å². The lowest BCUT2D eigenvalue weighted by atomic mass is 10.2. The summed E-state index contributed by atoms with van der Waals surface area (Å²) in [5.41, 5.74) is 0. The van der Waals surface area contributed by atoms with E-state index in [1.54, 1.807) is 0 Å². The maximum absolute atomic E-state index is 11.2. The zero-order valence-corrected chi connectivity index (χ0v) is 5.12. The predicted octanol–water partition coefficient (Wildman–Crippen LogP) is 0.573. The summed E-state index contributed by atoms with van der Waals surface area (Å²) in [6.45, 7) is 3.34. The van der Waals surface area contributed by atoms with Gasteiger partial charge in [0.2, 0.25) is 0 Å². The van der Waals surface area contributed by atoms with Gasteiger partial charge in [-0.25, -0.2) is 0 Å². The first-order chi connectivity index (χ1) is 4.85. The van der Waals surface area contributed by atoms with Gasteiger partial charge in [-0.05, 0) is 0 Å². The highest BCUT2D eigenvalue weighted by Crippen LogP contribution is 1.91. The molecule has 10 heavy (non-hydrogen) atoms. The fourth-order valence-electron chi connectivity index (χ4n) is 0.268. The first-order valence-electron chi connectivity index (χ1n) is 2.39. The predicted molar refractivity (Wildman–Crippen MR) is 30.8 cm³/mol. The Bertz CT molecular complexity index is 137. The van der Waals surface area contributed by atoms with Crippen molar-refractivity contribution in [3.05, 3.63) is 12.7 Å². The molecule has 4 nitrogen and oxygen atoms in total. The minimum Gasteiger partial charge on any atom is -0.441 e. The molecular weight excluding hydrogens is 140 g/mol. The third-order valence-electron chi connectivity index (χ3n) is 0.572. The van der Waals surface area contributed by atoms with Crippen molar-refractivity contribution in [3.63, 3.8) is 0 Å². The molecule has 0 atom stereocenters. The van der Waals surface area contributed by atoms with Crippen LogP contribution in [0.3, 0.4) is 0 Å². The van der Waals surface area contributed by atoms with Crippen molar-refractivity contribution in [3.8, 4) is 6.26 Å². The quantitative estimate of drug-likeness (QED) is 0.322. The molecular formula is C4H5BFNO3. The van der Waals surface area contributed by atoms with Crippen LogP contribution in [0, 0.1) is 11.5 Å². The molecule has 0 aromatic rings. The third-order valence-corrected chi connectivity index (χ3v) is 0.572. The first kappa shape index (κ1) is 8.94. The number of rotatable bonds is 5. The molecule has 0 amide bonds. The Balaban J connectivity index is 3.41. The van der Waals surface area contributed by atoms with Gasteiger partial charge in [-0.1, -0.05) is 10.6 Å². The minimum atomic E-state index is -1.58. The van der Waals surface area contributed by atoms with Gasteiger partial charge in [0.25, 0.3) is 6.26 Å². The van der Waals surface area contributed by atoms with Crippen molar-refractivity contribution in [2.24, 2.45) is 0 Å². The Morgan fingerprint density at radius 1 is 1.80 bits per heavy atom. The van der Waals surface area contributed by atoms with Crippen LogP contribution in [0.5, 0.6) is 0 Å². The summed E-state index contributed by atoms with van der Waals surface area (Å²) < 4.78 is 19.6. The maximum Gasteiger partial charge on any atom is 0.756 e. The van der Waals surface area contributed by atoms with Crippen LogP contribution >= 0.6 is 0 Å². The molecule has 0 aromatic heterocycles. The second-order valence-corrected chi connectivity index (χ2v) is 1.21. The summed E-state index contributed by atoms with van der Waals surface area (Å²) >= 11 is 0. The van der Waals surface area contributed by atoms with E-state index in [4.69, 9.17) is 5.26 Å². The van der Waals surface area contributed by atoms with Crippen LogP contribution in [0.15, 0.2) is 12.7 Å². The van der Waals surface area contributed by atoms with Crippen molar-refractivity contribution in [1.82, 2.24) is 0 Å². The second-order valence-electron chi connectivity index (χ2n) is 1.21. The van der Waals surface area contributed by atoms with E-state index < -0.39 is 7.32 Å². The normalized spacial score (nSPS) is 8.00. The van der Waals surface area contributed by atoms with Crippen LogP contribution in [-0.2, 0) is 14.2 Å². The summed E-state index contributed by atoms with van der Waals surface area (Å²) in [6, 6.07) is 0. The van der Waals surface area contributed by atoms with Crippen molar-refractivity contribution in [2.75, 3.05) is 6.61 Å². The standard InChI is InChI=1S/C4H5BFNO3/c1-2-3-8-5(10-6)9-4-7/h2H,1,3H2. The summed E-state index contributed by atoms with van der Waals surface area (Å²) in [5.74, 6) is 0. The Kier molecular flexibility index (Phi) is 5.43.